The van der Waals surface area contributed by atoms with E-state index in [-0.39, 0.29) is 11.5 Å². The number of ether oxygens (including phenoxy) is 1. The predicted octanol–water partition coefficient (Wildman–Crippen LogP) is 1.53. The number of benzene rings is 1. The summed E-state index contributed by atoms with van der Waals surface area (Å²) in [4.78, 5) is 12.1. The molecule has 0 aliphatic carbocycles. The van der Waals surface area contributed by atoms with Crippen molar-refractivity contribution in [2.45, 2.75) is 13.1 Å². The van der Waals surface area contributed by atoms with E-state index in [1.165, 1.54) is 0 Å². The Kier molecular flexibility index (Phi) is 4.25. The van der Waals surface area contributed by atoms with Crippen LogP contribution in [0.25, 0.3) is 0 Å². The van der Waals surface area contributed by atoms with Gasteiger partial charge in [0.2, 0.25) is 6.54 Å². The minimum Gasteiger partial charge on any atom is -0.496 e. The number of nitro groups is 1. The molecule has 0 saturated heterocycles. The van der Waals surface area contributed by atoms with Gasteiger partial charge in [0, 0.05) is 22.6 Å². The van der Waals surface area contributed by atoms with Crippen molar-refractivity contribution >= 4 is 0 Å². The zero-order chi connectivity index (χ0) is 12.1. The molecule has 0 amide bonds. The molecule has 1 rings (SSSR count). The average molecular weight is 224 g/mol. The smallest absolute Gasteiger partial charge is 0.228 e. The predicted molar refractivity (Wildman–Crippen MR) is 61.1 cm³/mol. The molecule has 0 aromatic heterocycles. The SMILES string of the molecule is COc1ccc(C[N+](=O)[O-])cc1CN(C)C. The first-order valence-corrected chi connectivity index (χ1v) is 4.95. The lowest BCUT2D eigenvalue weighted by molar-refractivity contribution is -0.496. The lowest BCUT2D eigenvalue weighted by Gasteiger charge is -2.13. The van der Waals surface area contributed by atoms with Gasteiger partial charge >= 0.3 is 0 Å². The molecule has 88 valence electrons. The summed E-state index contributed by atoms with van der Waals surface area (Å²) in [5, 5.41) is 10.4. The summed E-state index contributed by atoms with van der Waals surface area (Å²) in [5.74, 6) is 0.765. The van der Waals surface area contributed by atoms with E-state index in [9.17, 15) is 10.1 Å². The number of rotatable bonds is 5. The summed E-state index contributed by atoms with van der Waals surface area (Å²) >= 11 is 0. The largest absolute Gasteiger partial charge is 0.496 e. The van der Waals surface area contributed by atoms with Gasteiger partial charge in [0.15, 0.2) is 0 Å². The highest BCUT2D eigenvalue weighted by Gasteiger charge is 2.08. The van der Waals surface area contributed by atoms with E-state index in [0.717, 1.165) is 11.3 Å². The molecule has 1 aromatic carbocycles. The van der Waals surface area contributed by atoms with Crippen LogP contribution in [0.5, 0.6) is 5.75 Å². The Morgan fingerprint density at radius 3 is 2.62 bits per heavy atom. The maximum Gasteiger partial charge on any atom is 0.228 e. The molecular formula is C11H16N2O3. The first kappa shape index (κ1) is 12.4. The van der Waals surface area contributed by atoms with Crippen molar-refractivity contribution in [3.63, 3.8) is 0 Å². The maximum atomic E-state index is 10.4. The van der Waals surface area contributed by atoms with Gasteiger partial charge in [0.25, 0.3) is 0 Å². The Morgan fingerprint density at radius 2 is 2.12 bits per heavy atom. The zero-order valence-electron chi connectivity index (χ0n) is 9.77. The van der Waals surface area contributed by atoms with Gasteiger partial charge in [-0.05, 0) is 32.3 Å². The maximum absolute atomic E-state index is 10.4. The van der Waals surface area contributed by atoms with Crippen molar-refractivity contribution in [2.75, 3.05) is 21.2 Å². The van der Waals surface area contributed by atoms with Crippen LogP contribution >= 0.6 is 0 Å². The van der Waals surface area contributed by atoms with Crippen LogP contribution in [0.15, 0.2) is 18.2 Å². The van der Waals surface area contributed by atoms with Crippen molar-refractivity contribution in [1.29, 1.82) is 0 Å². The summed E-state index contributed by atoms with van der Waals surface area (Å²) in [6, 6.07) is 5.32. The van der Waals surface area contributed by atoms with Crippen molar-refractivity contribution in [3.05, 3.63) is 39.4 Å². The fourth-order valence-corrected chi connectivity index (χ4v) is 1.54. The van der Waals surface area contributed by atoms with E-state index in [1.54, 1.807) is 19.2 Å². The molecule has 5 nitrogen and oxygen atoms in total. The molecular weight excluding hydrogens is 208 g/mol. The van der Waals surface area contributed by atoms with Crippen LogP contribution in [0.3, 0.4) is 0 Å². The van der Waals surface area contributed by atoms with E-state index in [0.29, 0.717) is 12.1 Å². The first-order valence-electron chi connectivity index (χ1n) is 4.95. The highest BCUT2D eigenvalue weighted by molar-refractivity contribution is 5.37. The van der Waals surface area contributed by atoms with E-state index in [1.807, 2.05) is 25.1 Å². The molecule has 1 aromatic rings. The molecule has 5 heteroatoms. The molecule has 0 atom stereocenters. The average Bonchev–Trinajstić information content (AvgIpc) is 2.16. The molecule has 0 aliphatic heterocycles. The molecule has 0 radical (unpaired) electrons. The van der Waals surface area contributed by atoms with E-state index in [4.69, 9.17) is 4.74 Å². The van der Waals surface area contributed by atoms with E-state index in [2.05, 4.69) is 0 Å². The normalized spacial score (nSPS) is 10.5. The number of hydrogen-bond acceptors (Lipinski definition) is 4. The third-order valence-electron chi connectivity index (χ3n) is 2.14. The highest BCUT2D eigenvalue weighted by atomic mass is 16.6. The van der Waals surface area contributed by atoms with Crippen molar-refractivity contribution in [1.82, 2.24) is 4.90 Å². The topological polar surface area (TPSA) is 55.6 Å². The van der Waals surface area contributed by atoms with Gasteiger partial charge in [-0.3, -0.25) is 10.1 Å². The van der Waals surface area contributed by atoms with Crippen LogP contribution in [0.4, 0.5) is 0 Å². The molecule has 0 N–H and O–H groups in total. The van der Waals surface area contributed by atoms with Crippen LogP contribution in [-0.4, -0.2) is 31.0 Å². The Hall–Kier alpha value is -1.62. The van der Waals surface area contributed by atoms with Crippen LogP contribution in [-0.2, 0) is 13.1 Å². The summed E-state index contributed by atoms with van der Waals surface area (Å²) < 4.78 is 5.21. The zero-order valence-corrected chi connectivity index (χ0v) is 9.77. The van der Waals surface area contributed by atoms with Crippen LogP contribution in [0.1, 0.15) is 11.1 Å². The third kappa shape index (κ3) is 3.51. The summed E-state index contributed by atoms with van der Waals surface area (Å²) in [6.45, 7) is 0.555. The highest BCUT2D eigenvalue weighted by Crippen LogP contribution is 2.21. The Balaban J connectivity index is 2.96. The minimum atomic E-state index is -0.332. The molecule has 0 spiro atoms. The molecule has 0 heterocycles. The summed E-state index contributed by atoms with van der Waals surface area (Å²) in [5.41, 5.74) is 1.66. The fraction of sp³-hybridized carbons (Fsp3) is 0.455. The standard InChI is InChI=1S/C11H16N2O3/c1-12(2)8-10-6-9(7-13(14)15)4-5-11(10)16-3/h4-6H,7-8H2,1-3H3. The van der Waals surface area contributed by atoms with Gasteiger partial charge in [-0.25, -0.2) is 0 Å². The first-order chi connectivity index (χ1) is 7.52. The molecule has 0 bridgehead atoms. The van der Waals surface area contributed by atoms with Crippen LogP contribution < -0.4 is 4.74 Å². The fourth-order valence-electron chi connectivity index (χ4n) is 1.54. The molecule has 16 heavy (non-hydrogen) atoms. The van der Waals surface area contributed by atoms with E-state index >= 15 is 0 Å². The lowest BCUT2D eigenvalue weighted by atomic mass is 10.1. The van der Waals surface area contributed by atoms with Crippen molar-refractivity contribution in [3.8, 4) is 5.75 Å². The van der Waals surface area contributed by atoms with Crippen LogP contribution in [0.2, 0.25) is 0 Å². The summed E-state index contributed by atoms with van der Waals surface area (Å²) in [6.07, 6.45) is 0. The lowest BCUT2D eigenvalue weighted by Crippen LogP contribution is -2.12. The van der Waals surface area contributed by atoms with Gasteiger partial charge in [0.1, 0.15) is 5.75 Å². The van der Waals surface area contributed by atoms with Crippen molar-refractivity contribution in [2.24, 2.45) is 0 Å². The second kappa shape index (κ2) is 5.46. The van der Waals surface area contributed by atoms with E-state index < -0.39 is 0 Å². The van der Waals surface area contributed by atoms with Crippen LogP contribution in [0, 0.1) is 10.1 Å². The molecule has 0 fully saturated rings. The summed E-state index contributed by atoms with van der Waals surface area (Å²) in [7, 11) is 5.49. The van der Waals surface area contributed by atoms with Gasteiger partial charge in [0.05, 0.1) is 7.11 Å². The third-order valence-corrected chi connectivity index (χ3v) is 2.14. The molecule has 0 unspecified atom stereocenters. The molecule has 0 aliphatic rings. The van der Waals surface area contributed by atoms with Crippen molar-refractivity contribution < 1.29 is 9.66 Å². The second-order valence-electron chi connectivity index (χ2n) is 3.87. The Bertz CT molecular complexity index is 377. The monoisotopic (exact) mass is 224 g/mol. The number of nitrogens with zero attached hydrogens (tertiary/aromatic N) is 2. The van der Waals surface area contributed by atoms with Gasteiger partial charge in [-0.2, -0.15) is 0 Å². The Labute approximate surface area is 94.8 Å². The quantitative estimate of drug-likeness (QED) is 0.562. The number of hydrogen-bond donors (Lipinski definition) is 0. The van der Waals surface area contributed by atoms with Gasteiger partial charge < -0.3 is 9.64 Å². The van der Waals surface area contributed by atoms with Gasteiger partial charge in [-0.1, -0.05) is 0 Å². The Morgan fingerprint density at radius 1 is 1.44 bits per heavy atom. The molecule has 0 saturated carbocycles. The minimum absolute atomic E-state index is 0.148. The second-order valence-corrected chi connectivity index (χ2v) is 3.87. The van der Waals surface area contributed by atoms with Gasteiger partial charge in [-0.15, -0.1) is 0 Å². The number of methoxy groups -OCH3 is 1.